The number of rotatable bonds is 9. The average Bonchev–Trinajstić information content (AvgIpc) is 2.38. The van der Waals surface area contributed by atoms with Crippen LogP contribution >= 0.6 is 11.8 Å². The Bertz CT molecular complexity index is 187. The Morgan fingerprint density at radius 1 is 1.35 bits per heavy atom. The summed E-state index contributed by atoms with van der Waals surface area (Å²) in [4.78, 5) is 0. The van der Waals surface area contributed by atoms with Gasteiger partial charge in [-0.25, -0.2) is 0 Å². The van der Waals surface area contributed by atoms with Gasteiger partial charge in [0.1, 0.15) is 0 Å². The fourth-order valence-electron chi connectivity index (χ4n) is 2.59. The van der Waals surface area contributed by atoms with Gasteiger partial charge in [0, 0.05) is 11.3 Å². The van der Waals surface area contributed by atoms with E-state index in [1.54, 1.807) is 0 Å². The van der Waals surface area contributed by atoms with Gasteiger partial charge >= 0.3 is 0 Å². The highest BCUT2D eigenvalue weighted by Crippen LogP contribution is 2.29. The molecule has 1 fully saturated rings. The molecule has 0 aliphatic carbocycles. The fourth-order valence-corrected chi connectivity index (χ4v) is 4.07. The second kappa shape index (κ2) is 10.0. The normalized spacial score (nSPS) is 22.3. The Kier molecular flexibility index (Phi) is 8.90. The van der Waals surface area contributed by atoms with Crippen LogP contribution in [0.4, 0.5) is 0 Å². The molecule has 1 aliphatic rings. The monoisotopic (exact) mass is 255 g/mol. The largest absolute Gasteiger partial charge is 0.313 e. The predicted molar refractivity (Wildman–Crippen MR) is 80.8 cm³/mol. The zero-order chi connectivity index (χ0) is 12.3. The number of thioether (sulfide) groups is 1. The number of allylic oxidation sites excluding steroid dienone is 1. The summed E-state index contributed by atoms with van der Waals surface area (Å²) in [5.74, 6) is 1.38. The Hall–Kier alpha value is 0.0500. The molecule has 0 aromatic rings. The summed E-state index contributed by atoms with van der Waals surface area (Å²) in [5, 5.41) is 4.58. The van der Waals surface area contributed by atoms with E-state index in [1.807, 2.05) is 6.08 Å². The van der Waals surface area contributed by atoms with Gasteiger partial charge in [-0.3, -0.25) is 0 Å². The molecular formula is C15H29NS. The number of hydrogen-bond acceptors (Lipinski definition) is 2. The maximum atomic E-state index is 3.78. The fraction of sp³-hybridized carbons (Fsp3) is 0.867. The molecule has 0 radical (unpaired) electrons. The van der Waals surface area contributed by atoms with Gasteiger partial charge in [0.05, 0.1) is 0 Å². The van der Waals surface area contributed by atoms with Crippen molar-refractivity contribution in [1.82, 2.24) is 5.32 Å². The van der Waals surface area contributed by atoms with Gasteiger partial charge in [0.2, 0.25) is 0 Å². The van der Waals surface area contributed by atoms with E-state index in [9.17, 15) is 0 Å². The maximum Gasteiger partial charge on any atom is 0.0201 e. The van der Waals surface area contributed by atoms with E-state index in [0.717, 1.165) is 17.8 Å². The van der Waals surface area contributed by atoms with Crippen molar-refractivity contribution in [3.63, 3.8) is 0 Å². The molecule has 2 heteroatoms. The lowest BCUT2D eigenvalue weighted by molar-refractivity contribution is 0.431. The highest BCUT2D eigenvalue weighted by molar-refractivity contribution is 8.00. The highest BCUT2D eigenvalue weighted by atomic mass is 32.2. The minimum Gasteiger partial charge on any atom is -0.313 e. The van der Waals surface area contributed by atoms with Crippen LogP contribution in [0.15, 0.2) is 12.7 Å². The van der Waals surface area contributed by atoms with Gasteiger partial charge in [-0.2, -0.15) is 11.8 Å². The molecule has 1 N–H and O–H groups in total. The van der Waals surface area contributed by atoms with Crippen molar-refractivity contribution in [2.75, 3.05) is 12.3 Å². The smallest absolute Gasteiger partial charge is 0.0201 e. The summed E-state index contributed by atoms with van der Waals surface area (Å²) in [6, 6.07) is 0.758. The van der Waals surface area contributed by atoms with Gasteiger partial charge in [0.25, 0.3) is 0 Å². The van der Waals surface area contributed by atoms with E-state index < -0.39 is 0 Å². The van der Waals surface area contributed by atoms with Gasteiger partial charge in [0.15, 0.2) is 0 Å². The van der Waals surface area contributed by atoms with Crippen LogP contribution in [-0.4, -0.2) is 23.6 Å². The van der Waals surface area contributed by atoms with Gasteiger partial charge < -0.3 is 5.32 Å². The van der Waals surface area contributed by atoms with Gasteiger partial charge in [-0.15, -0.1) is 6.58 Å². The van der Waals surface area contributed by atoms with Crippen LogP contribution in [0.5, 0.6) is 0 Å². The third kappa shape index (κ3) is 6.52. The molecule has 1 aliphatic heterocycles. The molecule has 0 aromatic heterocycles. The van der Waals surface area contributed by atoms with Crippen LogP contribution in [0.25, 0.3) is 0 Å². The molecule has 0 bridgehead atoms. The summed E-state index contributed by atoms with van der Waals surface area (Å²) in [7, 11) is 0. The quantitative estimate of drug-likeness (QED) is 0.484. The lowest BCUT2D eigenvalue weighted by atomic mass is 10.0. The van der Waals surface area contributed by atoms with Crippen LogP contribution < -0.4 is 5.32 Å². The molecule has 0 spiro atoms. The first-order valence-corrected chi connectivity index (χ1v) is 8.39. The zero-order valence-corrected chi connectivity index (χ0v) is 12.2. The van der Waals surface area contributed by atoms with Crippen LogP contribution in [0.2, 0.25) is 0 Å². The molecule has 2 unspecified atom stereocenters. The predicted octanol–water partition coefficient (Wildman–Crippen LogP) is 4.39. The second-order valence-electron chi connectivity index (χ2n) is 5.00. The molecule has 100 valence electrons. The summed E-state index contributed by atoms with van der Waals surface area (Å²) in [5.41, 5.74) is 0. The lowest BCUT2D eigenvalue weighted by Gasteiger charge is -2.30. The number of unbranched alkanes of at least 4 members (excludes halogenated alkanes) is 3. The van der Waals surface area contributed by atoms with E-state index >= 15 is 0 Å². The Morgan fingerprint density at radius 3 is 2.88 bits per heavy atom. The topological polar surface area (TPSA) is 12.0 Å². The molecule has 0 saturated carbocycles. The van der Waals surface area contributed by atoms with Crippen LogP contribution in [0.1, 0.15) is 58.3 Å². The molecule has 1 saturated heterocycles. The van der Waals surface area contributed by atoms with E-state index in [0.29, 0.717) is 0 Å². The number of hydrogen-bond donors (Lipinski definition) is 1. The van der Waals surface area contributed by atoms with E-state index in [2.05, 4.69) is 30.6 Å². The standard InChI is InChI=1S/C15H29NS/c1-3-5-6-7-8-11-14(16-4-2)15-12-9-10-13-17-15/h3,14-16H,1,4-13H2,2H3. The SMILES string of the molecule is C=CCCCCCC(NCC)C1CCCCS1. The molecule has 1 heterocycles. The van der Waals surface area contributed by atoms with Crippen LogP contribution in [0.3, 0.4) is 0 Å². The minimum absolute atomic E-state index is 0.758. The summed E-state index contributed by atoms with van der Waals surface area (Å²) < 4.78 is 0. The third-order valence-electron chi connectivity index (χ3n) is 3.55. The molecule has 2 atom stereocenters. The van der Waals surface area contributed by atoms with Crippen LogP contribution in [-0.2, 0) is 0 Å². The van der Waals surface area contributed by atoms with Gasteiger partial charge in [-0.1, -0.05) is 32.3 Å². The first-order valence-electron chi connectivity index (χ1n) is 7.34. The van der Waals surface area contributed by atoms with Crippen molar-refractivity contribution in [3.05, 3.63) is 12.7 Å². The van der Waals surface area contributed by atoms with Crippen molar-refractivity contribution in [2.45, 2.75) is 69.6 Å². The van der Waals surface area contributed by atoms with Crippen molar-refractivity contribution in [3.8, 4) is 0 Å². The lowest BCUT2D eigenvalue weighted by Crippen LogP contribution is -2.39. The molecule has 1 nitrogen and oxygen atoms in total. The summed E-state index contributed by atoms with van der Waals surface area (Å²) >= 11 is 2.20. The third-order valence-corrected chi connectivity index (χ3v) is 5.07. The molecule has 0 amide bonds. The van der Waals surface area contributed by atoms with Crippen molar-refractivity contribution >= 4 is 11.8 Å². The molecule has 1 rings (SSSR count). The first kappa shape index (κ1) is 15.1. The molecular weight excluding hydrogens is 226 g/mol. The summed E-state index contributed by atoms with van der Waals surface area (Å²) in [6.45, 7) is 7.13. The minimum atomic E-state index is 0.758. The Labute approximate surface area is 112 Å². The van der Waals surface area contributed by atoms with Crippen molar-refractivity contribution in [1.29, 1.82) is 0 Å². The second-order valence-corrected chi connectivity index (χ2v) is 6.34. The van der Waals surface area contributed by atoms with E-state index in [1.165, 1.54) is 57.1 Å². The van der Waals surface area contributed by atoms with E-state index in [-0.39, 0.29) is 0 Å². The molecule has 0 aromatic carbocycles. The maximum absolute atomic E-state index is 3.78. The summed E-state index contributed by atoms with van der Waals surface area (Å²) in [6.07, 6.45) is 12.9. The highest BCUT2D eigenvalue weighted by Gasteiger charge is 2.22. The van der Waals surface area contributed by atoms with Crippen LogP contribution in [0, 0.1) is 0 Å². The van der Waals surface area contributed by atoms with E-state index in [4.69, 9.17) is 0 Å². The first-order chi connectivity index (χ1) is 8.38. The van der Waals surface area contributed by atoms with Crippen molar-refractivity contribution in [2.24, 2.45) is 0 Å². The number of nitrogens with one attached hydrogen (secondary N) is 1. The van der Waals surface area contributed by atoms with Crippen molar-refractivity contribution < 1.29 is 0 Å². The van der Waals surface area contributed by atoms with Gasteiger partial charge in [-0.05, 0) is 44.4 Å². The zero-order valence-electron chi connectivity index (χ0n) is 11.4. The average molecular weight is 255 g/mol. The molecule has 17 heavy (non-hydrogen) atoms. The Balaban J connectivity index is 2.19. The Morgan fingerprint density at radius 2 is 2.24 bits per heavy atom.